The largest absolute Gasteiger partial charge is 0.390 e. The fraction of sp³-hybridized carbons (Fsp3) is 0.538. The molecule has 5 rings (SSSR count). The van der Waals surface area contributed by atoms with Gasteiger partial charge in [0.2, 0.25) is 0 Å². The quantitative estimate of drug-likeness (QED) is 0.579. The van der Waals surface area contributed by atoms with Crippen LogP contribution in [0.15, 0.2) is 29.8 Å². The van der Waals surface area contributed by atoms with Gasteiger partial charge in [0.25, 0.3) is 0 Å². The first-order chi connectivity index (χ1) is 16.4. The van der Waals surface area contributed by atoms with Crippen LogP contribution in [0.5, 0.6) is 0 Å². The van der Waals surface area contributed by atoms with E-state index in [1.807, 2.05) is 26.0 Å². The van der Waals surface area contributed by atoms with Crippen molar-refractivity contribution in [1.29, 1.82) is 0 Å². The molecule has 2 aromatic heterocycles. The van der Waals surface area contributed by atoms with Gasteiger partial charge in [0.1, 0.15) is 5.82 Å². The van der Waals surface area contributed by atoms with E-state index >= 15 is 0 Å². The second-order valence-electron chi connectivity index (χ2n) is 9.84. The Morgan fingerprint density at radius 2 is 1.94 bits per heavy atom. The second kappa shape index (κ2) is 9.76. The van der Waals surface area contributed by atoms with Crippen molar-refractivity contribution in [3.63, 3.8) is 0 Å². The normalized spacial score (nSPS) is 19.5. The lowest BCUT2D eigenvalue weighted by atomic mass is 9.94. The van der Waals surface area contributed by atoms with Crippen molar-refractivity contribution in [3.05, 3.63) is 46.9 Å². The molecule has 0 unspecified atom stereocenters. The number of nitrogens with zero attached hydrogens (tertiary/aromatic N) is 5. The number of benzene rings is 1. The van der Waals surface area contributed by atoms with Crippen LogP contribution in [0.25, 0.3) is 10.9 Å². The van der Waals surface area contributed by atoms with E-state index < -0.39 is 5.60 Å². The number of pyridine rings is 1. The van der Waals surface area contributed by atoms with Crippen LogP contribution in [0, 0.1) is 5.82 Å². The molecular weight excluding hydrogens is 449 g/mol. The zero-order valence-electron chi connectivity index (χ0n) is 20.1. The molecule has 0 saturated carbocycles. The summed E-state index contributed by atoms with van der Waals surface area (Å²) in [6.45, 7) is 10.1. The van der Waals surface area contributed by atoms with Gasteiger partial charge in [-0.3, -0.25) is 9.88 Å². The predicted molar refractivity (Wildman–Crippen MR) is 137 cm³/mol. The number of halogens is 1. The first kappa shape index (κ1) is 23.5. The van der Waals surface area contributed by atoms with E-state index in [1.165, 1.54) is 0 Å². The first-order valence-corrected chi connectivity index (χ1v) is 13.3. The van der Waals surface area contributed by atoms with Crippen molar-refractivity contribution in [3.8, 4) is 0 Å². The first-order valence-electron chi connectivity index (χ1n) is 12.4. The van der Waals surface area contributed by atoms with Crippen molar-refractivity contribution in [1.82, 2.24) is 14.9 Å². The minimum Gasteiger partial charge on any atom is -0.390 e. The summed E-state index contributed by atoms with van der Waals surface area (Å²) in [5.41, 5.74) is 3.20. The summed E-state index contributed by atoms with van der Waals surface area (Å²) in [5, 5.41) is 14.3. The van der Waals surface area contributed by atoms with E-state index in [1.54, 1.807) is 23.6 Å². The standard InChI is InChI=1S/C26H34FN5OS/c1-3-21-22(27)16-19-6-4-9-28-23(19)24(21)31-11-5-10-30(14-15-31)17-20-18-34-25(29-20)32-12-7-26(2,33)8-13-32/h4,6,9,16,18,33H,3,5,7-8,10-15,17H2,1-2H3. The van der Waals surface area contributed by atoms with Gasteiger partial charge in [0.05, 0.1) is 22.5 Å². The molecule has 2 aliphatic rings. The Hall–Kier alpha value is -2.29. The molecule has 0 aliphatic carbocycles. The van der Waals surface area contributed by atoms with E-state index in [4.69, 9.17) is 4.98 Å². The number of aliphatic hydroxyl groups is 1. The van der Waals surface area contributed by atoms with E-state index in [9.17, 15) is 9.50 Å². The molecule has 2 saturated heterocycles. The number of aromatic nitrogens is 2. The van der Waals surface area contributed by atoms with Gasteiger partial charge in [0.15, 0.2) is 5.13 Å². The van der Waals surface area contributed by atoms with Crippen LogP contribution in [0.2, 0.25) is 0 Å². The molecule has 0 amide bonds. The van der Waals surface area contributed by atoms with Crippen molar-refractivity contribution < 1.29 is 9.50 Å². The number of hydrogen-bond donors (Lipinski definition) is 1. The van der Waals surface area contributed by atoms with Crippen molar-refractivity contribution >= 4 is 33.1 Å². The zero-order valence-corrected chi connectivity index (χ0v) is 21.0. The van der Waals surface area contributed by atoms with Gasteiger partial charge in [-0.25, -0.2) is 9.37 Å². The highest BCUT2D eigenvalue weighted by atomic mass is 32.1. The molecule has 0 radical (unpaired) electrons. The lowest BCUT2D eigenvalue weighted by molar-refractivity contribution is 0.0351. The molecule has 0 spiro atoms. The molecule has 182 valence electrons. The number of hydrogen-bond acceptors (Lipinski definition) is 7. The van der Waals surface area contributed by atoms with E-state index in [2.05, 4.69) is 25.1 Å². The lowest BCUT2D eigenvalue weighted by Gasteiger charge is -2.35. The van der Waals surface area contributed by atoms with Crippen molar-refractivity contribution in [2.45, 2.75) is 51.7 Å². The monoisotopic (exact) mass is 483 g/mol. The summed E-state index contributed by atoms with van der Waals surface area (Å²) < 4.78 is 14.9. The SMILES string of the molecule is CCc1c(F)cc2cccnc2c1N1CCCN(Cc2csc(N3CCC(C)(O)CC3)n2)CC1. The van der Waals surface area contributed by atoms with Crippen LogP contribution in [0.1, 0.15) is 44.4 Å². The number of thiazole rings is 1. The minimum atomic E-state index is -0.547. The Morgan fingerprint density at radius 1 is 1.12 bits per heavy atom. The van der Waals surface area contributed by atoms with Crippen LogP contribution < -0.4 is 9.80 Å². The van der Waals surface area contributed by atoms with Crippen LogP contribution in [0.4, 0.5) is 15.2 Å². The third kappa shape index (κ3) is 4.90. The van der Waals surface area contributed by atoms with Crippen LogP contribution in [-0.2, 0) is 13.0 Å². The van der Waals surface area contributed by atoms with Gasteiger partial charge in [-0.2, -0.15) is 0 Å². The zero-order chi connectivity index (χ0) is 23.7. The fourth-order valence-corrected chi connectivity index (χ4v) is 6.03. The number of fused-ring (bicyclic) bond motifs is 1. The molecule has 8 heteroatoms. The Kier molecular flexibility index (Phi) is 6.73. The third-order valence-corrected chi connectivity index (χ3v) is 8.16. The average molecular weight is 484 g/mol. The van der Waals surface area contributed by atoms with Gasteiger partial charge in [-0.1, -0.05) is 13.0 Å². The van der Waals surface area contributed by atoms with E-state index in [0.717, 1.165) is 98.1 Å². The van der Waals surface area contributed by atoms with Crippen LogP contribution in [0.3, 0.4) is 0 Å². The van der Waals surface area contributed by atoms with Gasteiger partial charge in [0, 0.05) is 68.3 Å². The molecule has 2 fully saturated rings. The Morgan fingerprint density at radius 3 is 2.74 bits per heavy atom. The average Bonchev–Trinajstić information content (AvgIpc) is 3.16. The summed E-state index contributed by atoms with van der Waals surface area (Å²) in [6, 6.07) is 5.44. The summed E-state index contributed by atoms with van der Waals surface area (Å²) >= 11 is 1.70. The van der Waals surface area contributed by atoms with Crippen molar-refractivity contribution in [2.24, 2.45) is 0 Å². The van der Waals surface area contributed by atoms with E-state index in [0.29, 0.717) is 6.42 Å². The molecule has 1 aromatic carbocycles. The molecule has 6 nitrogen and oxygen atoms in total. The summed E-state index contributed by atoms with van der Waals surface area (Å²) in [6.07, 6.45) is 5.05. The van der Waals surface area contributed by atoms with Crippen LogP contribution in [-0.4, -0.2) is 64.8 Å². The summed E-state index contributed by atoms with van der Waals surface area (Å²) in [5.74, 6) is -0.131. The summed E-state index contributed by atoms with van der Waals surface area (Å²) in [7, 11) is 0. The highest BCUT2D eigenvalue weighted by Gasteiger charge is 2.29. The van der Waals surface area contributed by atoms with E-state index in [-0.39, 0.29) is 5.82 Å². The number of rotatable bonds is 5. The minimum absolute atomic E-state index is 0.131. The lowest BCUT2D eigenvalue weighted by Crippen LogP contribution is -2.42. The van der Waals surface area contributed by atoms with Gasteiger partial charge in [-0.05, 0) is 44.7 Å². The highest BCUT2D eigenvalue weighted by molar-refractivity contribution is 7.13. The Labute approximate surface area is 205 Å². The molecule has 3 aromatic rings. The van der Waals surface area contributed by atoms with Gasteiger partial charge >= 0.3 is 0 Å². The molecule has 0 atom stereocenters. The fourth-order valence-electron chi connectivity index (χ4n) is 5.16. The van der Waals surface area contributed by atoms with Crippen LogP contribution >= 0.6 is 11.3 Å². The number of piperidine rings is 1. The third-order valence-electron chi connectivity index (χ3n) is 7.21. The maximum absolute atomic E-state index is 14.9. The van der Waals surface area contributed by atoms with Gasteiger partial charge in [-0.15, -0.1) is 11.3 Å². The maximum atomic E-state index is 14.9. The topological polar surface area (TPSA) is 55.7 Å². The van der Waals surface area contributed by atoms with Gasteiger partial charge < -0.3 is 14.9 Å². The molecule has 34 heavy (non-hydrogen) atoms. The molecular formula is C26H34FN5OS. The maximum Gasteiger partial charge on any atom is 0.185 e. The Bertz CT molecular complexity index is 1140. The molecule has 1 N–H and O–H groups in total. The predicted octanol–water partition coefficient (Wildman–Crippen LogP) is 4.46. The smallest absolute Gasteiger partial charge is 0.185 e. The summed E-state index contributed by atoms with van der Waals surface area (Å²) in [4.78, 5) is 16.6. The molecule has 0 bridgehead atoms. The second-order valence-corrected chi connectivity index (χ2v) is 10.7. The molecule has 2 aliphatic heterocycles. The molecule has 4 heterocycles. The van der Waals surface area contributed by atoms with Crippen molar-refractivity contribution in [2.75, 3.05) is 49.1 Å². The highest BCUT2D eigenvalue weighted by Crippen LogP contribution is 2.33. The number of anilines is 2. The Balaban J connectivity index is 1.27.